The lowest BCUT2D eigenvalue weighted by molar-refractivity contribution is 0.146. The van der Waals surface area contributed by atoms with Crippen molar-refractivity contribution in [2.75, 3.05) is 20.3 Å². The molecule has 2 heteroatoms. The van der Waals surface area contributed by atoms with Crippen LogP contribution >= 0.6 is 0 Å². The number of aryl methyl sites for hydroxylation is 1. The highest BCUT2D eigenvalue weighted by molar-refractivity contribution is 5.39. The van der Waals surface area contributed by atoms with Crippen molar-refractivity contribution >= 4 is 0 Å². The molecular formula is C18H30O2. The summed E-state index contributed by atoms with van der Waals surface area (Å²) in [6, 6.07) is 6.42. The quantitative estimate of drug-likeness (QED) is 0.700. The second-order valence-electron chi connectivity index (χ2n) is 7.44. The van der Waals surface area contributed by atoms with Crippen molar-refractivity contribution in [1.82, 2.24) is 0 Å². The minimum Gasteiger partial charge on any atom is -0.491 e. The van der Waals surface area contributed by atoms with E-state index in [9.17, 15) is 0 Å². The Hall–Kier alpha value is -1.02. The molecule has 0 aromatic heterocycles. The first-order valence-electron chi connectivity index (χ1n) is 7.38. The Morgan fingerprint density at radius 1 is 1.00 bits per heavy atom. The molecule has 0 atom stereocenters. The van der Waals surface area contributed by atoms with Crippen LogP contribution in [0.4, 0.5) is 0 Å². The third kappa shape index (κ3) is 5.16. The molecule has 0 aliphatic heterocycles. The van der Waals surface area contributed by atoms with Crippen molar-refractivity contribution in [1.29, 1.82) is 0 Å². The summed E-state index contributed by atoms with van der Waals surface area (Å²) in [5.41, 5.74) is 3.21. The van der Waals surface area contributed by atoms with E-state index in [4.69, 9.17) is 9.47 Å². The van der Waals surface area contributed by atoms with E-state index in [1.54, 1.807) is 7.11 Å². The molecule has 20 heavy (non-hydrogen) atoms. The van der Waals surface area contributed by atoms with E-state index in [1.807, 2.05) is 0 Å². The Morgan fingerprint density at radius 2 is 1.65 bits per heavy atom. The highest BCUT2D eigenvalue weighted by Gasteiger charge is 2.28. The Morgan fingerprint density at radius 3 is 2.15 bits per heavy atom. The van der Waals surface area contributed by atoms with Crippen molar-refractivity contribution in [3.05, 3.63) is 29.3 Å². The molecular weight excluding hydrogens is 248 g/mol. The van der Waals surface area contributed by atoms with Crippen LogP contribution in [0, 0.1) is 12.3 Å². The van der Waals surface area contributed by atoms with Crippen molar-refractivity contribution in [3.8, 4) is 5.75 Å². The van der Waals surface area contributed by atoms with Gasteiger partial charge < -0.3 is 9.47 Å². The molecule has 0 spiro atoms. The second kappa shape index (κ2) is 6.62. The first-order chi connectivity index (χ1) is 9.15. The van der Waals surface area contributed by atoms with E-state index in [-0.39, 0.29) is 5.41 Å². The van der Waals surface area contributed by atoms with Crippen LogP contribution in [0.1, 0.15) is 52.2 Å². The monoisotopic (exact) mass is 278 g/mol. The van der Waals surface area contributed by atoms with E-state index in [0.29, 0.717) is 18.6 Å². The maximum Gasteiger partial charge on any atom is 0.119 e. The minimum atomic E-state index is 0.174. The molecule has 114 valence electrons. The fraction of sp³-hybridized carbons (Fsp3) is 0.667. The van der Waals surface area contributed by atoms with Gasteiger partial charge in [0.2, 0.25) is 0 Å². The predicted molar refractivity (Wildman–Crippen MR) is 85.6 cm³/mol. The number of rotatable bonds is 6. The third-order valence-electron chi connectivity index (χ3n) is 3.46. The summed E-state index contributed by atoms with van der Waals surface area (Å²) in [5, 5.41) is 0. The van der Waals surface area contributed by atoms with Gasteiger partial charge in [0.1, 0.15) is 12.4 Å². The standard InChI is InChI=1S/C18H30O2/c1-14-12-15(20-11-10-19-7)8-9-16(14)18(5,6)13-17(2,3)4/h8-9,12H,10-11,13H2,1-7H3. The molecule has 0 saturated heterocycles. The Labute approximate surface area is 124 Å². The van der Waals surface area contributed by atoms with Crippen molar-refractivity contribution in [2.45, 2.75) is 53.4 Å². The zero-order chi connectivity index (χ0) is 15.4. The Balaban J connectivity index is 2.86. The molecule has 0 aliphatic carbocycles. The fourth-order valence-corrected chi connectivity index (χ4v) is 3.15. The average Bonchev–Trinajstić information content (AvgIpc) is 2.25. The van der Waals surface area contributed by atoms with Gasteiger partial charge in [-0.3, -0.25) is 0 Å². The maximum atomic E-state index is 5.67. The molecule has 0 heterocycles. The highest BCUT2D eigenvalue weighted by Crippen LogP contribution is 2.38. The summed E-state index contributed by atoms with van der Waals surface area (Å²) in [7, 11) is 1.69. The molecule has 1 aromatic carbocycles. The largest absolute Gasteiger partial charge is 0.491 e. The van der Waals surface area contributed by atoms with Gasteiger partial charge in [0.25, 0.3) is 0 Å². The predicted octanol–water partition coefficient (Wildman–Crippen LogP) is 4.73. The summed E-state index contributed by atoms with van der Waals surface area (Å²) in [4.78, 5) is 0. The van der Waals surface area contributed by atoms with Crippen LogP contribution in [0.15, 0.2) is 18.2 Å². The normalized spacial score (nSPS) is 12.6. The van der Waals surface area contributed by atoms with Gasteiger partial charge in [-0.05, 0) is 47.4 Å². The first kappa shape index (κ1) is 17.0. The lowest BCUT2D eigenvalue weighted by Gasteiger charge is -2.34. The SMILES string of the molecule is COCCOc1ccc(C(C)(C)CC(C)(C)C)c(C)c1. The molecule has 0 aliphatic rings. The van der Waals surface area contributed by atoms with Crippen molar-refractivity contribution < 1.29 is 9.47 Å². The van der Waals surface area contributed by atoms with Crippen LogP contribution in [0.25, 0.3) is 0 Å². The third-order valence-corrected chi connectivity index (χ3v) is 3.46. The molecule has 0 N–H and O–H groups in total. The van der Waals surface area contributed by atoms with Gasteiger partial charge >= 0.3 is 0 Å². The van der Waals surface area contributed by atoms with Crippen LogP contribution in [-0.4, -0.2) is 20.3 Å². The molecule has 0 bridgehead atoms. The van der Waals surface area contributed by atoms with Gasteiger partial charge in [-0.15, -0.1) is 0 Å². The van der Waals surface area contributed by atoms with E-state index >= 15 is 0 Å². The van der Waals surface area contributed by atoms with E-state index < -0.39 is 0 Å². The zero-order valence-corrected chi connectivity index (χ0v) is 14.2. The number of hydrogen-bond acceptors (Lipinski definition) is 2. The van der Waals surface area contributed by atoms with Gasteiger partial charge in [0.05, 0.1) is 6.61 Å². The van der Waals surface area contributed by atoms with Crippen LogP contribution in [-0.2, 0) is 10.2 Å². The molecule has 0 radical (unpaired) electrons. The number of methoxy groups -OCH3 is 1. The molecule has 2 nitrogen and oxygen atoms in total. The summed E-state index contributed by atoms with van der Waals surface area (Å²) in [6.45, 7) is 14.9. The molecule has 0 unspecified atom stereocenters. The number of hydrogen-bond donors (Lipinski definition) is 0. The Kier molecular flexibility index (Phi) is 5.64. The molecule has 1 rings (SSSR count). The summed E-state index contributed by atoms with van der Waals surface area (Å²) in [6.07, 6.45) is 1.16. The summed E-state index contributed by atoms with van der Waals surface area (Å²) in [5.74, 6) is 0.926. The smallest absolute Gasteiger partial charge is 0.119 e. The van der Waals surface area contributed by atoms with Crippen molar-refractivity contribution in [2.24, 2.45) is 5.41 Å². The van der Waals surface area contributed by atoms with Gasteiger partial charge in [0.15, 0.2) is 0 Å². The topological polar surface area (TPSA) is 18.5 Å². The maximum absolute atomic E-state index is 5.67. The second-order valence-corrected chi connectivity index (χ2v) is 7.44. The first-order valence-corrected chi connectivity index (χ1v) is 7.38. The molecule has 0 fully saturated rings. The molecule has 0 amide bonds. The van der Waals surface area contributed by atoms with Crippen molar-refractivity contribution in [3.63, 3.8) is 0 Å². The van der Waals surface area contributed by atoms with Gasteiger partial charge in [-0.25, -0.2) is 0 Å². The van der Waals surface area contributed by atoms with E-state index in [1.165, 1.54) is 11.1 Å². The molecule has 0 saturated carbocycles. The van der Waals surface area contributed by atoms with Crippen LogP contribution < -0.4 is 4.74 Å². The summed E-state index contributed by atoms with van der Waals surface area (Å²) < 4.78 is 10.7. The number of ether oxygens (including phenoxy) is 2. The average molecular weight is 278 g/mol. The highest BCUT2D eigenvalue weighted by atomic mass is 16.5. The van der Waals surface area contributed by atoms with E-state index in [2.05, 4.69) is 59.7 Å². The van der Waals surface area contributed by atoms with Crippen LogP contribution in [0.2, 0.25) is 0 Å². The Bertz CT molecular complexity index is 428. The fourth-order valence-electron chi connectivity index (χ4n) is 3.15. The lowest BCUT2D eigenvalue weighted by atomic mass is 9.71. The van der Waals surface area contributed by atoms with Gasteiger partial charge in [-0.1, -0.05) is 40.7 Å². The minimum absolute atomic E-state index is 0.174. The van der Waals surface area contributed by atoms with E-state index in [0.717, 1.165) is 12.2 Å². The summed E-state index contributed by atoms with van der Waals surface area (Å²) >= 11 is 0. The van der Waals surface area contributed by atoms with Gasteiger partial charge in [-0.2, -0.15) is 0 Å². The molecule has 1 aromatic rings. The number of benzene rings is 1. The van der Waals surface area contributed by atoms with Crippen LogP contribution in [0.5, 0.6) is 5.75 Å². The van der Waals surface area contributed by atoms with Crippen LogP contribution in [0.3, 0.4) is 0 Å². The zero-order valence-electron chi connectivity index (χ0n) is 14.2. The lowest BCUT2D eigenvalue weighted by Crippen LogP contribution is -2.25. The van der Waals surface area contributed by atoms with Gasteiger partial charge in [0, 0.05) is 7.11 Å².